The van der Waals surface area contributed by atoms with Crippen LogP contribution in [0.3, 0.4) is 0 Å². The van der Waals surface area contributed by atoms with Crippen LogP contribution in [-0.4, -0.2) is 27.0 Å². The minimum atomic E-state index is 0.196. The van der Waals surface area contributed by atoms with E-state index in [-0.39, 0.29) is 11.8 Å². The first-order valence-corrected chi connectivity index (χ1v) is 6.63. The van der Waals surface area contributed by atoms with Crippen LogP contribution in [0.15, 0.2) is 6.20 Å². The Morgan fingerprint density at radius 1 is 1.65 bits per heavy atom. The van der Waals surface area contributed by atoms with Crippen LogP contribution in [0.25, 0.3) is 4.96 Å². The van der Waals surface area contributed by atoms with E-state index in [0.29, 0.717) is 6.54 Å². The Hall–Kier alpha value is -1.43. The maximum absolute atomic E-state index is 11.4. The number of aromatic nitrogens is 3. The van der Waals surface area contributed by atoms with E-state index in [0.717, 1.165) is 34.9 Å². The Morgan fingerprint density at radius 3 is 3.18 bits per heavy atom. The van der Waals surface area contributed by atoms with Crippen molar-refractivity contribution in [3.8, 4) is 0 Å². The highest BCUT2D eigenvalue weighted by Gasteiger charge is 2.29. The summed E-state index contributed by atoms with van der Waals surface area (Å²) >= 11 is 1.58. The lowest BCUT2D eigenvalue weighted by Crippen LogP contribution is -2.26. The molecule has 5 nitrogen and oxygen atoms in total. The summed E-state index contributed by atoms with van der Waals surface area (Å²) in [4.78, 5) is 16.7. The molecular weight excluding hydrogens is 236 g/mol. The quantitative estimate of drug-likeness (QED) is 0.886. The second-order valence-corrected chi connectivity index (χ2v) is 5.46. The summed E-state index contributed by atoms with van der Waals surface area (Å²) in [6.07, 6.45) is 4.80. The Labute approximate surface area is 103 Å². The lowest BCUT2D eigenvalue weighted by atomic mass is 10.3. The van der Waals surface area contributed by atoms with Gasteiger partial charge in [0.05, 0.1) is 11.9 Å². The molecule has 2 heterocycles. The Bertz CT molecular complexity index is 523. The highest BCUT2D eigenvalue weighted by atomic mass is 32.1. The van der Waals surface area contributed by atoms with E-state index in [9.17, 15) is 4.79 Å². The van der Waals surface area contributed by atoms with Crippen LogP contribution in [0.1, 0.15) is 23.5 Å². The fourth-order valence-corrected chi connectivity index (χ4v) is 2.65. The lowest BCUT2D eigenvalue weighted by Gasteiger charge is -2.00. The maximum Gasteiger partial charge on any atom is 0.223 e. The molecule has 0 bridgehead atoms. The van der Waals surface area contributed by atoms with Gasteiger partial charge in [-0.3, -0.25) is 4.79 Å². The highest BCUT2D eigenvalue weighted by molar-refractivity contribution is 7.16. The number of carbonyl (C=O) groups excluding carboxylic acids is 1. The third-order valence-corrected chi connectivity index (χ3v) is 3.77. The number of rotatable bonds is 4. The van der Waals surface area contributed by atoms with E-state index < -0.39 is 0 Å². The van der Waals surface area contributed by atoms with Crippen LogP contribution in [0, 0.1) is 12.8 Å². The van der Waals surface area contributed by atoms with Gasteiger partial charge in [-0.1, -0.05) is 11.3 Å². The van der Waals surface area contributed by atoms with Gasteiger partial charge in [0.2, 0.25) is 10.9 Å². The van der Waals surface area contributed by atoms with E-state index in [4.69, 9.17) is 0 Å². The molecule has 1 aliphatic rings. The minimum absolute atomic E-state index is 0.196. The van der Waals surface area contributed by atoms with Gasteiger partial charge in [-0.25, -0.2) is 9.50 Å². The molecular formula is C11H14N4OS. The van der Waals surface area contributed by atoms with Crippen molar-refractivity contribution in [1.29, 1.82) is 0 Å². The van der Waals surface area contributed by atoms with E-state index in [2.05, 4.69) is 15.4 Å². The van der Waals surface area contributed by atoms with Crippen molar-refractivity contribution in [3.05, 3.63) is 16.9 Å². The zero-order valence-electron chi connectivity index (χ0n) is 9.64. The molecule has 1 fully saturated rings. The Morgan fingerprint density at radius 2 is 2.47 bits per heavy atom. The molecule has 0 spiro atoms. The molecule has 1 aliphatic carbocycles. The second-order valence-electron chi connectivity index (χ2n) is 4.42. The van der Waals surface area contributed by atoms with Gasteiger partial charge in [0.1, 0.15) is 5.01 Å². The van der Waals surface area contributed by atoms with Crippen molar-refractivity contribution in [2.75, 3.05) is 6.54 Å². The molecule has 17 heavy (non-hydrogen) atoms. The van der Waals surface area contributed by atoms with Crippen molar-refractivity contribution in [2.24, 2.45) is 5.92 Å². The molecule has 0 radical (unpaired) electrons. The predicted molar refractivity (Wildman–Crippen MR) is 65.0 cm³/mol. The zero-order chi connectivity index (χ0) is 11.8. The zero-order valence-corrected chi connectivity index (χ0v) is 10.5. The SMILES string of the molecule is Cc1cn2nc(CCNC(=O)C3CC3)sc2n1. The van der Waals surface area contributed by atoms with E-state index in [1.165, 1.54) is 0 Å². The molecule has 1 N–H and O–H groups in total. The summed E-state index contributed by atoms with van der Waals surface area (Å²) in [7, 11) is 0. The van der Waals surface area contributed by atoms with Gasteiger partial charge < -0.3 is 5.32 Å². The Balaban J connectivity index is 1.56. The molecule has 3 rings (SSSR count). The summed E-state index contributed by atoms with van der Waals surface area (Å²) in [5.41, 5.74) is 0.984. The molecule has 6 heteroatoms. The van der Waals surface area contributed by atoms with Crippen molar-refractivity contribution in [2.45, 2.75) is 26.2 Å². The molecule has 0 atom stereocenters. The number of hydrogen-bond acceptors (Lipinski definition) is 4. The van der Waals surface area contributed by atoms with Gasteiger partial charge in [-0.05, 0) is 19.8 Å². The van der Waals surface area contributed by atoms with Crippen LogP contribution in [0.5, 0.6) is 0 Å². The second kappa shape index (κ2) is 4.10. The summed E-state index contributed by atoms with van der Waals surface area (Å²) in [5.74, 6) is 0.480. The molecule has 0 saturated heterocycles. The number of aryl methyl sites for hydroxylation is 1. The fraction of sp³-hybridized carbons (Fsp3) is 0.545. The molecule has 2 aromatic heterocycles. The molecule has 0 aliphatic heterocycles. The van der Waals surface area contributed by atoms with E-state index >= 15 is 0 Å². The number of nitrogens with one attached hydrogen (secondary N) is 1. The largest absolute Gasteiger partial charge is 0.355 e. The smallest absolute Gasteiger partial charge is 0.223 e. The number of fused-ring (bicyclic) bond motifs is 1. The standard InChI is InChI=1S/C11H14N4OS/c1-7-6-15-11(13-7)17-9(14-15)4-5-12-10(16)8-2-3-8/h6,8H,2-5H2,1H3,(H,12,16). The number of carbonyl (C=O) groups is 1. The van der Waals surface area contributed by atoms with E-state index in [1.807, 2.05) is 13.1 Å². The Kier molecular flexibility index (Phi) is 2.58. The van der Waals surface area contributed by atoms with Crippen LogP contribution in [-0.2, 0) is 11.2 Å². The average molecular weight is 250 g/mol. The first kappa shape index (κ1) is 10.7. The third kappa shape index (κ3) is 2.31. The van der Waals surface area contributed by atoms with E-state index in [1.54, 1.807) is 15.9 Å². The first-order chi connectivity index (χ1) is 8.22. The molecule has 0 aromatic carbocycles. The van der Waals surface area contributed by atoms with Crippen LogP contribution in [0.2, 0.25) is 0 Å². The average Bonchev–Trinajstić information content (AvgIpc) is 2.97. The molecule has 90 valence electrons. The van der Waals surface area contributed by atoms with Gasteiger partial charge in [0.25, 0.3) is 0 Å². The van der Waals surface area contributed by atoms with Crippen molar-refractivity contribution in [3.63, 3.8) is 0 Å². The normalized spacial score (nSPS) is 15.4. The monoisotopic (exact) mass is 250 g/mol. The van der Waals surface area contributed by atoms with Crippen molar-refractivity contribution in [1.82, 2.24) is 19.9 Å². The van der Waals surface area contributed by atoms with Crippen LogP contribution >= 0.6 is 11.3 Å². The summed E-state index contributed by atoms with van der Waals surface area (Å²) < 4.78 is 1.80. The molecule has 1 amide bonds. The van der Waals surface area contributed by atoms with Gasteiger partial charge in [0, 0.05) is 18.9 Å². The molecule has 2 aromatic rings. The van der Waals surface area contributed by atoms with Gasteiger partial charge in [-0.2, -0.15) is 5.10 Å². The summed E-state index contributed by atoms with van der Waals surface area (Å²) in [5, 5.41) is 8.37. The molecule has 0 unspecified atom stereocenters. The number of amides is 1. The predicted octanol–water partition coefficient (Wildman–Crippen LogP) is 1.17. The number of imidazole rings is 1. The maximum atomic E-state index is 11.4. The van der Waals surface area contributed by atoms with Crippen molar-refractivity contribution >= 4 is 22.2 Å². The van der Waals surface area contributed by atoms with Crippen LogP contribution < -0.4 is 5.32 Å². The summed E-state index contributed by atoms with van der Waals surface area (Å²) in [6.45, 7) is 2.63. The van der Waals surface area contributed by atoms with Gasteiger partial charge >= 0.3 is 0 Å². The van der Waals surface area contributed by atoms with Crippen molar-refractivity contribution < 1.29 is 4.79 Å². The topological polar surface area (TPSA) is 59.3 Å². The van der Waals surface area contributed by atoms with Crippen LogP contribution in [0.4, 0.5) is 0 Å². The number of hydrogen-bond donors (Lipinski definition) is 1. The first-order valence-electron chi connectivity index (χ1n) is 5.82. The highest BCUT2D eigenvalue weighted by Crippen LogP contribution is 2.28. The number of nitrogens with zero attached hydrogens (tertiary/aromatic N) is 3. The van der Waals surface area contributed by atoms with Gasteiger partial charge in [0.15, 0.2) is 0 Å². The lowest BCUT2D eigenvalue weighted by molar-refractivity contribution is -0.122. The van der Waals surface area contributed by atoms with Gasteiger partial charge in [-0.15, -0.1) is 0 Å². The minimum Gasteiger partial charge on any atom is -0.355 e. The summed E-state index contributed by atoms with van der Waals surface area (Å²) in [6, 6.07) is 0. The molecule has 1 saturated carbocycles. The third-order valence-electron chi connectivity index (χ3n) is 2.79. The fourth-order valence-electron chi connectivity index (χ4n) is 1.73.